The number of halogens is 1. The molecule has 122 valence electrons. The minimum Gasteiger partial charge on any atom is -0.497 e. The van der Waals surface area contributed by atoms with Gasteiger partial charge in [0, 0.05) is 6.54 Å². The van der Waals surface area contributed by atoms with Crippen LogP contribution in [0.5, 0.6) is 5.75 Å². The Morgan fingerprint density at radius 3 is 2.58 bits per heavy atom. The molecule has 3 rings (SSSR count). The molecule has 0 radical (unpaired) electrons. The number of hydrogen-bond acceptors (Lipinski definition) is 2. The van der Waals surface area contributed by atoms with Gasteiger partial charge < -0.3 is 10.1 Å². The molecule has 4 heteroatoms. The molecule has 0 fully saturated rings. The van der Waals surface area contributed by atoms with Crippen molar-refractivity contribution in [1.82, 2.24) is 5.32 Å². The number of carbonyl (C=O) groups excluding carboxylic acids is 1. The third-order valence-corrected chi connectivity index (χ3v) is 3.86. The minimum atomic E-state index is -0.328. The third kappa shape index (κ3) is 3.90. The van der Waals surface area contributed by atoms with Crippen molar-refractivity contribution in [3.8, 4) is 5.75 Å². The highest BCUT2D eigenvalue weighted by molar-refractivity contribution is 5.84. The Labute approximate surface area is 140 Å². The van der Waals surface area contributed by atoms with Gasteiger partial charge in [-0.1, -0.05) is 30.3 Å². The second kappa shape index (κ2) is 7.13. The molecule has 3 aromatic rings. The van der Waals surface area contributed by atoms with Crippen molar-refractivity contribution in [2.75, 3.05) is 7.11 Å². The quantitative estimate of drug-likeness (QED) is 0.774. The molecule has 0 aliphatic rings. The molecule has 0 saturated heterocycles. The van der Waals surface area contributed by atoms with Crippen molar-refractivity contribution in [1.29, 1.82) is 0 Å². The zero-order valence-electron chi connectivity index (χ0n) is 13.4. The van der Waals surface area contributed by atoms with Gasteiger partial charge in [0.2, 0.25) is 5.91 Å². The predicted molar refractivity (Wildman–Crippen MR) is 92.5 cm³/mol. The van der Waals surface area contributed by atoms with Crippen LogP contribution in [0.25, 0.3) is 10.8 Å². The van der Waals surface area contributed by atoms with Gasteiger partial charge in [-0.15, -0.1) is 0 Å². The lowest BCUT2D eigenvalue weighted by Gasteiger charge is -2.08. The normalized spacial score (nSPS) is 10.6. The van der Waals surface area contributed by atoms with Crippen LogP contribution in [0, 0.1) is 5.82 Å². The fourth-order valence-electron chi connectivity index (χ4n) is 2.61. The number of methoxy groups -OCH3 is 1. The first-order valence-electron chi connectivity index (χ1n) is 7.72. The van der Waals surface area contributed by atoms with E-state index in [1.807, 2.05) is 36.4 Å². The molecule has 0 aromatic heterocycles. The molecular formula is C20H18FNO2. The molecule has 0 bridgehead atoms. The summed E-state index contributed by atoms with van der Waals surface area (Å²) in [6.07, 6.45) is 0.169. The number of amides is 1. The van der Waals surface area contributed by atoms with Gasteiger partial charge >= 0.3 is 0 Å². The number of nitrogens with one attached hydrogen (secondary N) is 1. The van der Waals surface area contributed by atoms with E-state index in [1.165, 1.54) is 12.1 Å². The van der Waals surface area contributed by atoms with E-state index in [2.05, 4.69) is 5.32 Å². The second-order valence-corrected chi connectivity index (χ2v) is 5.63. The van der Waals surface area contributed by atoms with E-state index < -0.39 is 0 Å². The number of benzene rings is 3. The van der Waals surface area contributed by atoms with E-state index >= 15 is 0 Å². The summed E-state index contributed by atoms with van der Waals surface area (Å²) in [4.78, 5) is 12.0. The summed E-state index contributed by atoms with van der Waals surface area (Å²) in [5.74, 6) is 0.360. The zero-order chi connectivity index (χ0) is 16.9. The molecule has 24 heavy (non-hydrogen) atoms. The van der Waals surface area contributed by atoms with Crippen LogP contribution in [0.15, 0.2) is 60.7 Å². The van der Waals surface area contributed by atoms with Crippen LogP contribution in [0.3, 0.4) is 0 Å². The van der Waals surface area contributed by atoms with E-state index in [9.17, 15) is 9.18 Å². The fraction of sp³-hybridized carbons (Fsp3) is 0.150. The van der Waals surface area contributed by atoms with Gasteiger partial charge in [-0.2, -0.15) is 0 Å². The molecule has 3 nitrogen and oxygen atoms in total. The number of hydrogen-bond donors (Lipinski definition) is 1. The molecule has 1 amide bonds. The molecule has 0 aliphatic heterocycles. The Bertz CT molecular complexity index is 876. The van der Waals surface area contributed by atoms with Crippen LogP contribution in [-0.4, -0.2) is 13.0 Å². The Balaban J connectivity index is 1.63. The van der Waals surface area contributed by atoms with Gasteiger partial charge in [-0.05, 0) is 52.2 Å². The number of rotatable bonds is 5. The monoisotopic (exact) mass is 323 g/mol. The summed E-state index contributed by atoms with van der Waals surface area (Å²) < 4.78 is 18.3. The van der Waals surface area contributed by atoms with Crippen LogP contribution >= 0.6 is 0 Å². The van der Waals surface area contributed by atoms with Crippen LogP contribution in [-0.2, 0) is 17.8 Å². The van der Waals surface area contributed by atoms with Gasteiger partial charge in [0.1, 0.15) is 11.6 Å². The molecule has 0 spiro atoms. The fourth-order valence-corrected chi connectivity index (χ4v) is 2.61. The summed E-state index contributed by atoms with van der Waals surface area (Å²) in [7, 11) is 1.64. The van der Waals surface area contributed by atoms with Crippen LogP contribution < -0.4 is 10.1 Å². The Hall–Kier alpha value is -2.88. The maximum absolute atomic E-state index is 13.1. The smallest absolute Gasteiger partial charge is 0.224 e. The molecule has 3 aromatic carbocycles. The Morgan fingerprint density at radius 1 is 1.00 bits per heavy atom. The van der Waals surface area contributed by atoms with E-state index in [4.69, 9.17) is 4.74 Å². The van der Waals surface area contributed by atoms with Crippen LogP contribution in [0.4, 0.5) is 4.39 Å². The number of fused-ring (bicyclic) bond motifs is 1. The van der Waals surface area contributed by atoms with Crippen molar-refractivity contribution in [3.05, 3.63) is 77.6 Å². The van der Waals surface area contributed by atoms with E-state index in [1.54, 1.807) is 19.2 Å². The molecule has 0 unspecified atom stereocenters. The number of carbonyl (C=O) groups is 1. The summed E-state index contributed by atoms with van der Waals surface area (Å²) in [5.41, 5.74) is 1.68. The molecule has 1 N–H and O–H groups in total. The molecule has 0 aliphatic carbocycles. The average Bonchev–Trinajstić information content (AvgIpc) is 2.59. The Kier molecular flexibility index (Phi) is 4.75. The lowest BCUT2D eigenvalue weighted by molar-refractivity contribution is -0.120. The second-order valence-electron chi connectivity index (χ2n) is 5.63. The van der Waals surface area contributed by atoms with E-state index in [0.29, 0.717) is 12.1 Å². The molecule has 0 heterocycles. The lowest BCUT2D eigenvalue weighted by Crippen LogP contribution is -2.24. The van der Waals surface area contributed by atoms with Crippen molar-refractivity contribution in [3.63, 3.8) is 0 Å². The minimum absolute atomic E-state index is 0.129. The molecule has 0 saturated carbocycles. The summed E-state index contributed by atoms with van der Waals surface area (Å²) in [6.45, 7) is 0.441. The predicted octanol–water partition coefficient (Wildman–Crippen LogP) is 3.85. The van der Waals surface area contributed by atoms with Gasteiger partial charge in [0.15, 0.2) is 0 Å². The maximum atomic E-state index is 13.1. The third-order valence-electron chi connectivity index (χ3n) is 3.86. The van der Waals surface area contributed by atoms with Gasteiger partial charge in [0.25, 0.3) is 0 Å². The Morgan fingerprint density at radius 2 is 1.79 bits per heavy atom. The number of ether oxygens (including phenoxy) is 1. The first-order chi connectivity index (χ1) is 11.6. The highest BCUT2D eigenvalue weighted by atomic mass is 19.1. The largest absolute Gasteiger partial charge is 0.497 e. The summed E-state index contributed by atoms with van der Waals surface area (Å²) in [5, 5.41) is 5.05. The van der Waals surface area contributed by atoms with Gasteiger partial charge in [-0.3, -0.25) is 4.79 Å². The summed E-state index contributed by atoms with van der Waals surface area (Å²) >= 11 is 0. The zero-order valence-corrected chi connectivity index (χ0v) is 13.4. The summed E-state index contributed by atoms with van der Waals surface area (Å²) in [6, 6.07) is 18.0. The highest BCUT2D eigenvalue weighted by Gasteiger charge is 2.05. The van der Waals surface area contributed by atoms with E-state index in [0.717, 1.165) is 22.1 Å². The van der Waals surface area contributed by atoms with Crippen LogP contribution in [0.1, 0.15) is 11.1 Å². The standard InChI is InChI=1S/C20H18FNO2/c1-24-19-8-7-16-9-15(5-6-17(16)12-19)13-22-20(23)11-14-3-2-4-18(21)10-14/h2-10,12H,11,13H2,1H3,(H,22,23). The first-order valence-corrected chi connectivity index (χ1v) is 7.72. The topological polar surface area (TPSA) is 38.3 Å². The average molecular weight is 323 g/mol. The van der Waals surface area contributed by atoms with Crippen molar-refractivity contribution in [2.45, 2.75) is 13.0 Å². The van der Waals surface area contributed by atoms with Crippen molar-refractivity contribution < 1.29 is 13.9 Å². The van der Waals surface area contributed by atoms with Crippen molar-refractivity contribution in [2.24, 2.45) is 0 Å². The maximum Gasteiger partial charge on any atom is 0.224 e. The SMILES string of the molecule is COc1ccc2cc(CNC(=O)Cc3cccc(F)c3)ccc2c1. The lowest BCUT2D eigenvalue weighted by atomic mass is 10.1. The van der Waals surface area contributed by atoms with E-state index in [-0.39, 0.29) is 18.1 Å². The van der Waals surface area contributed by atoms with Crippen LogP contribution in [0.2, 0.25) is 0 Å². The molecule has 0 atom stereocenters. The van der Waals surface area contributed by atoms with Gasteiger partial charge in [-0.25, -0.2) is 4.39 Å². The van der Waals surface area contributed by atoms with Crippen molar-refractivity contribution >= 4 is 16.7 Å². The van der Waals surface area contributed by atoms with Gasteiger partial charge in [0.05, 0.1) is 13.5 Å². The first kappa shape index (κ1) is 16.0. The highest BCUT2D eigenvalue weighted by Crippen LogP contribution is 2.21. The molecular weight excluding hydrogens is 305 g/mol.